The number of nitrogens with one attached hydrogen (secondary N) is 1. The molecule has 0 saturated carbocycles. The fourth-order valence-corrected chi connectivity index (χ4v) is 10.0. The molecule has 0 radical (unpaired) electrons. The van der Waals surface area contributed by atoms with Crippen molar-refractivity contribution in [1.82, 2.24) is 5.32 Å². The van der Waals surface area contributed by atoms with Crippen molar-refractivity contribution >= 4 is 5.91 Å². The van der Waals surface area contributed by atoms with E-state index in [2.05, 4.69) is 43.5 Å². The third-order valence-electron chi connectivity index (χ3n) is 14.8. The Kier molecular flexibility index (Phi) is 59.7. The molecule has 0 saturated heterocycles. The maximum Gasteiger partial charge on any atom is 0.220 e. The van der Waals surface area contributed by atoms with Crippen LogP contribution in [0.25, 0.3) is 0 Å². The largest absolute Gasteiger partial charge is 0.394 e. The highest BCUT2D eigenvalue weighted by molar-refractivity contribution is 5.76. The monoisotopic (exact) mass is 968 g/mol. The van der Waals surface area contributed by atoms with Gasteiger partial charge in [0.2, 0.25) is 5.91 Å². The van der Waals surface area contributed by atoms with Crippen molar-refractivity contribution < 1.29 is 15.0 Å². The van der Waals surface area contributed by atoms with Crippen molar-refractivity contribution in [2.24, 2.45) is 0 Å². The fourth-order valence-electron chi connectivity index (χ4n) is 10.0. The lowest BCUT2D eigenvalue weighted by atomic mass is 10.0. The van der Waals surface area contributed by atoms with E-state index in [0.29, 0.717) is 6.42 Å². The maximum absolute atomic E-state index is 12.5. The Bertz CT molecular complexity index is 1050. The van der Waals surface area contributed by atoms with E-state index in [1.54, 1.807) is 6.08 Å². The lowest BCUT2D eigenvalue weighted by Crippen LogP contribution is -2.45. The van der Waals surface area contributed by atoms with E-state index in [1.165, 1.54) is 302 Å². The normalized spacial score (nSPS) is 12.9. The molecule has 0 aliphatic heterocycles. The van der Waals surface area contributed by atoms with Crippen LogP contribution >= 0.6 is 0 Å². The highest BCUT2D eigenvalue weighted by atomic mass is 16.3. The molecule has 2 unspecified atom stereocenters. The predicted octanol–water partition coefficient (Wildman–Crippen LogP) is 21.2. The molecule has 408 valence electrons. The first-order valence-corrected chi connectivity index (χ1v) is 31.7. The highest BCUT2D eigenvalue weighted by Gasteiger charge is 2.18. The molecule has 1 amide bonds. The first-order chi connectivity index (χ1) is 34.2. The Labute approximate surface area is 433 Å². The van der Waals surface area contributed by atoms with E-state index < -0.39 is 12.1 Å². The number of hydrogen-bond donors (Lipinski definition) is 3. The third kappa shape index (κ3) is 57.4. The fraction of sp³-hybridized carbons (Fsp3) is 0.892. The lowest BCUT2D eigenvalue weighted by Gasteiger charge is -2.19. The Balaban J connectivity index is 3.45. The summed E-state index contributed by atoms with van der Waals surface area (Å²) in [5.41, 5.74) is 0. The number of carbonyl (C=O) groups is 1. The average molecular weight is 969 g/mol. The highest BCUT2D eigenvalue weighted by Crippen LogP contribution is 2.18. The molecule has 0 aromatic rings. The van der Waals surface area contributed by atoms with Crippen LogP contribution in [0, 0.1) is 0 Å². The minimum Gasteiger partial charge on any atom is -0.394 e. The number of hydrogen-bond acceptors (Lipinski definition) is 3. The molecule has 0 spiro atoms. The molecule has 4 heteroatoms. The van der Waals surface area contributed by atoms with Gasteiger partial charge >= 0.3 is 0 Å². The second-order valence-electron chi connectivity index (χ2n) is 21.8. The number of allylic oxidation sites excluding steroid dienone is 5. The maximum atomic E-state index is 12.5. The van der Waals surface area contributed by atoms with Crippen molar-refractivity contribution in [1.29, 1.82) is 0 Å². The first kappa shape index (κ1) is 67.6. The first-order valence-electron chi connectivity index (χ1n) is 31.7. The van der Waals surface area contributed by atoms with Gasteiger partial charge in [-0.1, -0.05) is 326 Å². The summed E-state index contributed by atoms with van der Waals surface area (Å²) in [5.74, 6) is -0.0674. The van der Waals surface area contributed by atoms with Gasteiger partial charge < -0.3 is 15.5 Å². The number of aliphatic hydroxyl groups excluding tert-OH is 2. The molecular formula is C65H125NO3. The van der Waals surface area contributed by atoms with Crippen LogP contribution in [-0.2, 0) is 4.79 Å². The van der Waals surface area contributed by atoms with Gasteiger partial charge in [0.15, 0.2) is 0 Å². The van der Waals surface area contributed by atoms with E-state index in [0.717, 1.165) is 32.1 Å². The van der Waals surface area contributed by atoms with Crippen LogP contribution in [0.3, 0.4) is 0 Å². The summed E-state index contributed by atoms with van der Waals surface area (Å²) in [4.78, 5) is 12.5. The minimum absolute atomic E-state index is 0.0674. The standard InChI is InChI=1S/C65H125NO3/c1-3-5-7-9-11-13-15-17-19-21-23-25-27-28-29-30-31-32-33-34-35-36-37-38-39-41-43-45-47-49-51-53-55-57-59-61-65(69)66-63(62-67)64(68)60-58-56-54-52-50-48-46-44-42-40-26-24-22-20-18-16-14-12-10-8-6-4-2/h30-31,50,52,58,60,63-64,67-68H,3-29,32-49,51,53-57,59,61-62H2,1-2H3,(H,66,69)/b31-30-,52-50+,60-58+. The second-order valence-corrected chi connectivity index (χ2v) is 21.8. The van der Waals surface area contributed by atoms with E-state index in [9.17, 15) is 15.0 Å². The summed E-state index contributed by atoms with van der Waals surface area (Å²) >= 11 is 0. The van der Waals surface area contributed by atoms with Gasteiger partial charge in [-0.2, -0.15) is 0 Å². The van der Waals surface area contributed by atoms with E-state index in [1.807, 2.05) is 6.08 Å². The predicted molar refractivity (Wildman–Crippen MR) is 308 cm³/mol. The molecule has 4 nitrogen and oxygen atoms in total. The molecule has 0 fully saturated rings. The number of carbonyl (C=O) groups excluding carboxylic acids is 1. The number of unbranched alkanes of at least 4 members (excludes halogenated alkanes) is 48. The molecule has 2 atom stereocenters. The molecule has 69 heavy (non-hydrogen) atoms. The van der Waals surface area contributed by atoms with Gasteiger partial charge in [-0.15, -0.1) is 0 Å². The van der Waals surface area contributed by atoms with Crippen LogP contribution < -0.4 is 5.32 Å². The third-order valence-corrected chi connectivity index (χ3v) is 14.8. The van der Waals surface area contributed by atoms with E-state index in [-0.39, 0.29) is 12.5 Å². The van der Waals surface area contributed by atoms with Crippen LogP contribution in [0.4, 0.5) is 0 Å². The summed E-state index contributed by atoms with van der Waals surface area (Å²) in [5, 5.41) is 23.2. The molecule has 0 heterocycles. The molecule has 0 rings (SSSR count). The van der Waals surface area contributed by atoms with Gasteiger partial charge in [-0.25, -0.2) is 0 Å². The second kappa shape index (κ2) is 60.9. The Morgan fingerprint density at radius 2 is 0.565 bits per heavy atom. The lowest BCUT2D eigenvalue weighted by molar-refractivity contribution is -0.123. The zero-order chi connectivity index (χ0) is 49.9. The summed E-state index contributed by atoms with van der Waals surface area (Å²) in [7, 11) is 0. The molecule has 0 aliphatic rings. The van der Waals surface area contributed by atoms with Crippen molar-refractivity contribution in [2.45, 2.75) is 366 Å². The summed E-state index contributed by atoms with van der Waals surface area (Å²) in [6.45, 7) is 4.34. The Hall–Kier alpha value is -1.39. The van der Waals surface area contributed by atoms with Crippen molar-refractivity contribution in [3.63, 3.8) is 0 Å². The molecule has 3 N–H and O–H groups in total. The van der Waals surface area contributed by atoms with Gasteiger partial charge in [0.05, 0.1) is 18.8 Å². The Morgan fingerprint density at radius 3 is 0.841 bits per heavy atom. The van der Waals surface area contributed by atoms with Crippen LogP contribution in [-0.4, -0.2) is 34.9 Å². The van der Waals surface area contributed by atoms with Crippen molar-refractivity contribution in [3.8, 4) is 0 Å². The molecular weight excluding hydrogens is 843 g/mol. The van der Waals surface area contributed by atoms with Crippen LogP contribution in [0.5, 0.6) is 0 Å². The van der Waals surface area contributed by atoms with Gasteiger partial charge in [-0.05, 0) is 57.8 Å². The molecule has 0 bridgehead atoms. The van der Waals surface area contributed by atoms with Crippen LogP contribution in [0.15, 0.2) is 36.5 Å². The summed E-state index contributed by atoms with van der Waals surface area (Å²) < 4.78 is 0. The average Bonchev–Trinajstić information content (AvgIpc) is 3.35. The number of rotatable bonds is 59. The molecule has 0 aromatic carbocycles. The number of amides is 1. The molecule has 0 aromatic heterocycles. The zero-order valence-corrected chi connectivity index (χ0v) is 47.1. The van der Waals surface area contributed by atoms with E-state index >= 15 is 0 Å². The zero-order valence-electron chi connectivity index (χ0n) is 47.1. The van der Waals surface area contributed by atoms with Gasteiger partial charge in [0.1, 0.15) is 0 Å². The quantitative estimate of drug-likeness (QED) is 0.0420. The molecule has 0 aliphatic carbocycles. The van der Waals surface area contributed by atoms with Gasteiger partial charge in [0, 0.05) is 6.42 Å². The topological polar surface area (TPSA) is 69.6 Å². The SMILES string of the molecule is CCCCCCCCCCCCCCCC/C=C\CCCCCCCCCCCCCCCCCCCC(=O)NC(CO)C(O)/C=C/CC/C=C/CCCCCCCCCCCCCCCCCC. The van der Waals surface area contributed by atoms with Crippen LogP contribution in [0.1, 0.15) is 354 Å². The summed E-state index contributed by atoms with van der Waals surface area (Å²) in [6.07, 6.45) is 83.5. The van der Waals surface area contributed by atoms with Gasteiger partial charge in [0.25, 0.3) is 0 Å². The minimum atomic E-state index is -0.862. The van der Waals surface area contributed by atoms with E-state index in [4.69, 9.17) is 0 Å². The van der Waals surface area contributed by atoms with Crippen molar-refractivity contribution in [3.05, 3.63) is 36.5 Å². The number of aliphatic hydroxyl groups is 2. The summed E-state index contributed by atoms with van der Waals surface area (Å²) in [6, 6.07) is -0.639. The Morgan fingerprint density at radius 1 is 0.333 bits per heavy atom. The van der Waals surface area contributed by atoms with Crippen molar-refractivity contribution in [2.75, 3.05) is 6.61 Å². The van der Waals surface area contributed by atoms with Gasteiger partial charge in [-0.3, -0.25) is 4.79 Å². The van der Waals surface area contributed by atoms with Crippen LogP contribution in [0.2, 0.25) is 0 Å². The smallest absolute Gasteiger partial charge is 0.220 e.